The van der Waals surface area contributed by atoms with Gasteiger partial charge < -0.3 is 19.9 Å². The van der Waals surface area contributed by atoms with Gasteiger partial charge in [-0.15, -0.1) is 0 Å². The van der Waals surface area contributed by atoms with Crippen LogP contribution in [0, 0.1) is 6.92 Å². The van der Waals surface area contributed by atoms with Crippen LogP contribution in [0.2, 0.25) is 0 Å². The monoisotopic (exact) mass is 279 g/mol. The predicted molar refractivity (Wildman–Crippen MR) is 79.0 cm³/mol. The maximum atomic E-state index is 9.79. The van der Waals surface area contributed by atoms with Crippen molar-refractivity contribution in [1.82, 2.24) is 5.32 Å². The van der Waals surface area contributed by atoms with Crippen molar-refractivity contribution in [2.45, 2.75) is 45.4 Å². The summed E-state index contributed by atoms with van der Waals surface area (Å²) >= 11 is 0. The van der Waals surface area contributed by atoms with E-state index in [4.69, 9.17) is 9.47 Å². The molecule has 1 saturated carbocycles. The third-order valence-electron chi connectivity index (χ3n) is 3.39. The summed E-state index contributed by atoms with van der Waals surface area (Å²) in [4.78, 5) is 0. The van der Waals surface area contributed by atoms with Gasteiger partial charge in [-0.05, 0) is 32.3 Å². The Bertz CT molecular complexity index is 418. The minimum absolute atomic E-state index is 0.265. The van der Waals surface area contributed by atoms with Gasteiger partial charge >= 0.3 is 0 Å². The SMILES string of the molecule is CCOCC(O)COc1c(C)cccc1CNC1CC1. The number of nitrogens with one attached hydrogen (secondary N) is 1. The Balaban J connectivity index is 1.90. The zero-order chi connectivity index (χ0) is 14.4. The highest BCUT2D eigenvalue weighted by Gasteiger charge is 2.21. The Hall–Kier alpha value is -1.10. The normalized spacial score (nSPS) is 16.1. The van der Waals surface area contributed by atoms with E-state index in [1.54, 1.807) is 0 Å². The number of aliphatic hydroxyl groups is 1. The van der Waals surface area contributed by atoms with Crippen molar-refractivity contribution in [3.8, 4) is 5.75 Å². The molecule has 0 amide bonds. The van der Waals surface area contributed by atoms with Crippen molar-refractivity contribution in [3.63, 3.8) is 0 Å². The number of aryl methyl sites for hydroxylation is 1. The molecule has 2 N–H and O–H groups in total. The quantitative estimate of drug-likeness (QED) is 0.726. The highest BCUT2D eigenvalue weighted by Crippen LogP contribution is 2.25. The molecular weight excluding hydrogens is 254 g/mol. The maximum Gasteiger partial charge on any atom is 0.126 e. The van der Waals surface area contributed by atoms with Crippen LogP contribution in [0.4, 0.5) is 0 Å². The molecule has 0 radical (unpaired) electrons. The number of aliphatic hydroxyl groups excluding tert-OH is 1. The molecule has 1 unspecified atom stereocenters. The lowest BCUT2D eigenvalue weighted by atomic mass is 10.1. The van der Waals surface area contributed by atoms with Crippen molar-refractivity contribution in [2.75, 3.05) is 19.8 Å². The van der Waals surface area contributed by atoms with Gasteiger partial charge in [-0.25, -0.2) is 0 Å². The van der Waals surface area contributed by atoms with Crippen LogP contribution in [0.3, 0.4) is 0 Å². The van der Waals surface area contributed by atoms with Gasteiger partial charge in [-0.3, -0.25) is 0 Å². The molecule has 0 bridgehead atoms. The lowest BCUT2D eigenvalue weighted by Gasteiger charge is -2.17. The van der Waals surface area contributed by atoms with Gasteiger partial charge in [0.2, 0.25) is 0 Å². The second kappa shape index (κ2) is 7.62. The first-order valence-corrected chi connectivity index (χ1v) is 7.41. The number of benzene rings is 1. The third kappa shape index (κ3) is 4.78. The molecule has 0 heterocycles. The fourth-order valence-corrected chi connectivity index (χ4v) is 2.08. The Labute approximate surface area is 121 Å². The van der Waals surface area contributed by atoms with Gasteiger partial charge in [-0.1, -0.05) is 18.2 Å². The van der Waals surface area contributed by atoms with E-state index in [-0.39, 0.29) is 6.61 Å². The zero-order valence-corrected chi connectivity index (χ0v) is 12.4. The molecule has 112 valence electrons. The highest BCUT2D eigenvalue weighted by atomic mass is 16.5. The van der Waals surface area contributed by atoms with Crippen LogP contribution in [-0.4, -0.2) is 37.1 Å². The van der Waals surface area contributed by atoms with Crippen LogP contribution in [0.15, 0.2) is 18.2 Å². The second-order valence-corrected chi connectivity index (χ2v) is 5.34. The highest BCUT2D eigenvalue weighted by molar-refractivity contribution is 5.40. The van der Waals surface area contributed by atoms with E-state index < -0.39 is 6.10 Å². The van der Waals surface area contributed by atoms with Crippen molar-refractivity contribution < 1.29 is 14.6 Å². The van der Waals surface area contributed by atoms with Gasteiger partial charge in [0, 0.05) is 24.8 Å². The number of hydrogen-bond acceptors (Lipinski definition) is 4. The molecule has 1 atom stereocenters. The Morgan fingerprint density at radius 2 is 2.15 bits per heavy atom. The number of para-hydroxylation sites is 1. The summed E-state index contributed by atoms with van der Waals surface area (Å²) < 4.78 is 11.0. The van der Waals surface area contributed by atoms with Crippen LogP contribution in [0.25, 0.3) is 0 Å². The van der Waals surface area contributed by atoms with Crippen molar-refractivity contribution in [1.29, 1.82) is 0 Å². The molecule has 0 spiro atoms. The van der Waals surface area contributed by atoms with Gasteiger partial charge in [0.05, 0.1) is 6.61 Å². The minimum Gasteiger partial charge on any atom is -0.490 e. The molecule has 0 aromatic heterocycles. The van der Waals surface area contributed by atoms with Crippen LogP contribution in [0.1, 0.15) is 30.9 Å². The summed E-state index contributed by atoms with van der Waals surface area (Å²) in [5, 5.41) is 13.3. The molecule has 0 aliphatic heterocycles. The van der Waals surface area contributed by atoms with Gasteiger partial charge in [-0.2, -0.15) is 0 Å². The average molecular weight is 279 g/mol. The Kier molecular flexibility index (Phi) is 5.83. The fourth-order valence-electron chi connectivity index (χ4n) is 2.08. The summed E-state index contributed by atoms with van der Waals surface area (Å²) in [5.74, 6) is 0.885. The minimum atomic E-state index is -0.584. The fraction of sp³-hybridized carbons (Fsp3) is 0.625. The van der Waals surface area contributed by atoms with E-state index >= 15 is 0 Å². The molecule has 4 heteroatoms. The van der Waals surface area contributed by atoms with E-state index in [1.807, 2.05) is 26.0 Å². The van der Waals surface area contributed by atoms with Crippen LogP contribution < -0.4 is 10.1 Å². The van der Waals surface area contributed by atoms with Crippen molar-refractivity contribution in [2.24, 2.45) is 0 Å². The molecule has 1 aliphatic rings. The first-order chi connectivity index (χ1) is 9.70. The molecule has 1 aromatic carbocycles. The summed E-state index contributed by atoms with van der Waals surface area (Å²) in [6, 6.07) is 6.83. The van der Waals surface area contributed by atoms with E-state index in [2.05, 4.69) is 11.4 Å². The van der Waals surface area contributed by atoms with Crippen LogP contribution >= 0.6 is 0 Å². The van der Waals surface area contributed by atoms with Gasteiger partial charge in [0.25, 0.3) is 0 Å². The molecule has 0 saturated heterocycles. The van der Waals surface area contributed by atoms with Crippen LogP contribution in [-0.2, 0) is 11.3 Å². The molecule has 4 nitrogen and oxygen atoms in total. The van der Waals surface area contributed by atoms with E-state index in [0.717, 1.165) is 23.4 Å². The lowest BCUT2D eigenvalue weighted by Crippen LogP contribution is -2.24. The molecule has 2 rings (SSSR count). The molecule has 1 aromatic rings. The molecule has 1 fully saturated rings. The van der Waals surface area contributed by atoms with Gasteiger partial charge in [0.1, 0.15) is 18.5 Å². The topological polar surface area (TPSA) is 50.7 Å². The Morgan fingerprint density at radius 1 is 1.35 bits per heavy atom. The average Bonchev–Trinajstić information content (AvgIpc) is 3.26. The van der Waals surface area contributed by atoms with Crippen LogP contribution in [0.5, 0.6) is 5.75 Å². The lowest BCUT2D eigenvalue weighted by molar-refractivity contribution is 0.0161. The molecule has 20 heavy (non-hydrogen) atoms. The largest absolute Gasteiger partial charge is 0.490 e. The number of hydrogen-bond donors (Lipinski definition) is 2. The molecule has 1 aliphatic carbocycles. The van der Waals surface area contributed by atoms with E-state index in [9.17, 15) is 5.11 Å². The second-order valence-electron chi connectivity index (χ2n) is 5.34. The zero-order valence-electron chi connectivity index (χ0n) is 12.4. The summed E-state index contributed by atoms with van der Waals surface area (Å²) in [7, 11) is 0. The molecular formula is C16H25NO3. The van der Waals surface area contributed by atoms with E-state index in [0.29, 0.717) is 19.3 Å². The summed E-state index contributed by atoms with van der Waals surface area (Å²) in [6.07, 6.45) is 1.96. The van der Waals surface area contributed by atoms with Crippen molar-refractivity contribution in [3.05, 3.63) is 29.3 Å². The Morgan fingerprint density at radius 3 is 2.85 bits per heavy atom. The van der Waals surface area contributed by atoms with Gasteiger partial charge in [0.15, 0.2) is 0 Å². The van der Waals surface area contributed by atoms with Crippen molar-refractivity contribution >= 4 is 0 Å². The number of rotatable bonds is 9. The first kappa shape index (κ1) is 15.3. The number of ether oxygens (including phenoxy) is 2. The van der Waals surface area contributed by atoms with E-state index in [1.165, 1.54) is 12.8 Å². The smallest absolute Gasteiger partial charge is 0.126 e. The predicted octanol–water partition coefficient (Wildman–Crippen LogP) is 2.02. The summed E-state index contributed by atoms with van der Waals surface area (Å²) in [5.41, 5.74) is 2.25. The third-order valence-corrected chi connectivity index (χ3v) is 3.39. The maximum absolute atomic E-state index is 9.79. The first-order valence-electron chi connectivity index (χ1n) is 7.41. The standard InChI is InChI=1S/C16H25NO3/c1-3-19-10-15(18)11-20-16-12(2)5-4-6-13(16)9-17-14-7-8-14/h4-6,14-15,17-18H,3,7-11H2,1-2H3. The summed E-state index contributed by atoms with van der Waals surface area (Å²) in [6.45, 7) is 5.96.